The molecule has 0 spiro atoms. The number of carbonyl (C=O) groups excluding carboxylic acids is 1. The summed E-state index contributed by atoms with van der Waals surface area (Å²) in [7, 11) is 4.25. The Kier molecular flexibility index (Phi) is 6.59. The van der Waals surface area contributed by atoms with Crippen molar-refractivity contribution in [1.29, 1.82) is 0 Å². The van der Waals surface area contributed by atoms with Gasteiger partial charge in [0.25, 0.3) is 0 Å². The molecule has 0 saturated carbocycles. The van der Waals surface area contributed by atoms with Gasteiger partial charge < -0.3 is 10.2 Å². The number of hydrogen-bond acceptors (Lipinski definition) is 1. The zero-order valence-corrected chi connectivity index (χ0v) is 15.2. The van der Waals surface area contributed by atoms with Crippen molar-refractivity contribution < 1.29 is 9.69 Å². The molecular weight excluding hydrogens is 320 g/mol. The summed E-state index contributed by atoms with van der Waals surface area (Å²) >= 11 is 6.08. The Hall–Kier alpha value is -2.10. The van der Waals surface area contributed by atoms with Crippen LogP contribution in [0.15, 0.2) is 48.5 Å². The van der Waals surface area contributed by atoms with E-state index in [9.17, 15) is 4.79 Å². The molecule has 126 valence electrons. The summed E-state index contributed by atoms with van der Waals surface area (Å²) in [6, 6.07) is 14.1. The Bertz CT molecular complexity index is 721. The highest BCUT2D eigenvalue weighted by Gasteiger charge is 2.01. The number of benzene rings is 2. The van der Waals surface area contributed by atoms with Crippen molar-refractivity contribution in [3.8, 4) is 0 Å². The van der Waals surface area contributed by atoms with Gasteiger partial charge in [0.05, 0.1) is 14.1 Å². The van der Waals surface area contributed by atoms with Gasteiger partial charge in [0.1, 0.15) is 6.54 Å². The number of rotatable bonds is 6. The molecule has 0 aromatic heterocycles. The molecule has 2 aromatic carbocycles. The zero-order chi connectivity index (χ0) is 17.5. The van der Waals surface area contributed by atoms with E-state index in [4.69, 9.17) is 11.6 Å². The number of nitrogens with one attached hydrogen (secondary N) is 2. The standard InChI is InChI=1S/C20H23ClN2O/c1-15-4-5-16(12-19(15)21)10-11-20(24)22-13-17-6-8-18(9-7-17)14-23(2)3/h4-12H,13-14H2,1-3H3,(H,22,24)/p+1/b11-10+. The maximum atomic E-state index is 11.9. The molecule has 2 N–H and O–H groups in total. The first-order chi connectivity index (χ1) is 11.4. The van der Waals surface area contributed by atoms with E-state index in [1.807, 2.05) is 25.1 Å². The molecule has 0 heterocycles. The molecule has 0 radical (unpaired) electrons. The van der Waals surface area contributed by atoms with Crippen molar-refractivity contribution >= 4 is 23.6 Å². The molecule has 2 rings (SSSR count). The average Bonchev–Trinajstić information content (AvgIpc) is 2.55. The van der Waals surface area contributed by atoms with Gasteiger partial charge >= 0.3 is 0 Å². The van der Waals surface area contributed by atoms with Gasteiger partial charge in [0.2, 0.25) is 5.91 Å². The molecule has 0 bridgehead atoms. The van der Waals surface area contributed by atoms with Crippen molar-refractivity contribution in [2.24, 2.45) is 0 Å². The van der Waals surface area contributed by atoms with Gasteiger partial charge in [-0.2, -0.15) is 0 Å². The van der Waals surface area contributed by atoms with Crippen molar-refractivity contribution in [1.82, 2.24) is 5.32 Å². The van der Waals surface area contributed by atoms with Crippen LogP contribution in [-0.2, 0) is 17.9 Å². The summed E-state index contributed by atoms with van der Waals surface area (Å²) in [5.74, 6) is -0.117. The number of quaternary nitrogens is 1. The minimum Gasteiger partial charge on any atom is -0.348 e. The van der Waals surface area contributed by atoms with E-state index in [-0.39, 0.29) is 5.91 Å². The van der Waals surface area contributed by atoms with Gasteiger partial charge in [-0.05, 0) is 35.8 Å². The Balaban J connectivity index is 1.86. The maximum Gasteiger partial charge on any atom is 0.244 e. The van der Waals surface area contributed by atoms with Gasteiger partial charge in [0, 0.05) is 23.2 Å². The second kappa shape index (κ2) is 8.67. The Morgan fingerprint density at radius 3 is 2.42 bits per heavy atom. The third kappa shape index (κ3) is 5.84. The smallest absolute Gasteiger partial charge is 0.244 e. The highest BCUT2D eigenvalue weighted by Crippen LogP contribution is 2.17. The quantitative estimate of drug-likeness (QED) is 0.777. The topological polar surface area (TPSA) is 33.5 Å². The van der Waals surface area contributed by atoms with Crippen molar-refractivity contribution in [3.63, 3.8) is 0 Å². The highest BCUT2D eigenvalue weighted by atomic mass is 35.5. The molecule has 0 aliphatic rings. The fourth-order valence-corrected chi connectivity index (χ4v) is 2.50. The SMILES string of the molecule is Cc1ccc(/C=C/C(=O)NCc2ccc(C[NH+](C)C)cc2)cc1Cl. The van der Waals surface area contributed by atoms with Crippen LogP contribution in [0.2, 0.25) is 5.02 Å². The van der Waals surface area contributed by atoms with Crippen molar-refractivity contribution in [3.05, 3.63) is 75.8 Å². The largest absolute Gasteiger partial charge is 0.348 e. The molecule has 0 unspecified atom stereocenters. The lowest BCUT2D eigenvalue weighted by Gasteiger charge is -2.08. The minimum atomic E-state index is -0.117. The van der Waals surface area contributed by atoms with Crippen LogP contribution in [0.4, 0.5) is 0 Å². The first kappa shape index (κ1) is 18.2. The minimum absolute atomic E-state index is 0.117. The second-order valence-corrected chi connectivity index (χ2v) is 6.67. The van der Waals surface area contributed by atoms with Gasteiger partial charge in [-0.1, -0.05) is 48.0 Å². The number of aryl methyl sites for hydroxylation is 1. The van der Waals surface area contributed by atoms with Crippen molar-refractivity contribution in [2.75, 3.05) is 14.1 Å². The number of hydrogen-bond donors (Lipinski definition) is 2. The Morgan fingerprint density at radius 2 is 1.79 bits per heavy atom. The number of halogens is 1. The summed E-state index contributed by atoms with van der Waals surface area (Å²) in [5, 5.41) is 3.60. The predicted molar refractivity (Wildman–Crippen MR) is 100 cm³/mol. The van der Waals surface area contributed by atoms with E-state index in [1.165, 1.54) is 16.5 Å². The molecule has 0 aliphatic heterocycles. The van der Waals surface area contributed by atoms with Crippen LogP contribution in [-0.4, -0.2) is 20.0 Å². The lowest BCUT2D eigenvalue weighted by molar-refractivity contribution is -0.872. The maximum absolute atomic E-state index is 11.9. The summed E-state index contributed by atoms with van der Waals surface area (Å²) in [6.45, 7) is 3.47. The van der Waals surface area contributed by atoms with E-state index in [0.29, 0.717) is 11.6 Å². The lowest BCUT2D eigenvalue weighted by Crippen LogP contribution is -3.04. The number of amides is 1. The molecule has 1 amide bonds. The normalized spacial score (nSPS) is 11.2. The monoisotopic (exact) mass is 343 g/mol. The third-order valence-electron chi connectivity index (χ3n) is 3.67. The van der Waals surface area contributed by atoms with Gasteiger partial charge in [-0.25, -0.2) is 0 Å². The zero-order valence-electron chi connectivity index (χ0n) is 14.4. The van der Waals surface area contributed by atoms with Crippen LogP contribution in [0, 0.1) is 6.92 Å². The van der Waals surface area contributed by atoms with Crippen LogP contribution in [0.1, 0.15) is 22.3 Å². The van der Waals surface area contributed by atoms with E-state index in [1.54, 1.807) is 6.08 Å². The predicted octanol–water partition coefficient (Wildman–Crippen LogP) is 2.62. The molecule has 0 saturated heterocycles. The van der Waals surface area contributed by atoms with Gasteiger partial charge in [0.15, 0.2) is 0 Å². The molecule has 0 fully saturated rings. The van der Waals surface area contributed by atoms with E-state index < -0.39 is 0 Å². The Morgan fingerprint density at radius 1 is 1.12 bits per heavy atom. The molecule has 3 nitrogen and oxygen atoms in total. The number of carbonyl (C=O) groups is 1. The second-order valence-electron chi connectivity index (χ2n) is 6.26. The molecule has 0 aliphatic carbocycles. The molecule has 0 atom stereocenters. The summed E-state index contributed by atoms with van der Waals surface area (Å²) in [6.07, 6.45) is 3.30. The van der Waals surface area contributed by atoms with Gasteiger partial charge in [-0.3, -0.25) is 4.79 Å². The van der Waals surface area contributed by atoms with Crippen LogP contribution in [0.3, 0.4) is 0 Å². The fourth-order valence-electron chi connectivity index (χ4n) is 2.32. The third-order valence-corrected chi connectivity index (χ3v) is 4.08. The first-order valence-electron chi connectivity index (χ1n) is 8.03. The summed E-state index contributed by atoms with van der Waals surface area (Å²) in [4.78, 5) is 13.3. The van der Waals surface area contributed by atoms with E-state index in [0.717, 1.165) is 23.2 Å². The van der Waals surface area contributed by atoms with Crippen LogP contribution >= 0.6 is 11.6 Å². The molecule has 4 heteroatoms. The van der Waals surface area contributed by atoms with Crippen LogP contribution < -0.4 is 10.2 Å². The Labute approximate surface area is 148 Å². The molecular formula is C20H24ClN2O+. The van der Waals surface area contributed by atoms with E-state index >= 15 is 0 Å². The van der Waals surface area contributed by atoms with E-state index in [2.05, 4.69) is 43.7 Å². The summed E-state index contributed by atoms with van der Waals surface area (Å²) < 4.78 is 0. The fraction of sp³-hybridized carbons (Fsp3) is 0.250. The van der Waals surface area contributed by atoms with Gasteiger partial charge in [-0.15, -0.1) is 0 Å². The summed E-state index contributed by atoms with van der Waals surface area (Å²) in [5.41, 5.74) is 4.32. The highest BCUT2D eigenvalue weighted by molar-refractivity contribution is 6.31. The average molecular weight is 344 g/mol. The molecule has 24 heavy (non-hydrogen) atoms. The van der Waals surface area contributed by atoms with Crippen LogP contribution in [0.5, 0.6) is 0 Å². The first-order valence-corrected chi connectivity index (χ1v) is 8.41. The molecule has 2 aromatic rings. The lowest BCUT2D eigenvalue weighted by atomic mass is 10.1. The van der Waals surface area contributed by atoms with Crippen LogP contribution in [0.25, 0.3) is 6.08 Å². The van der Waals surface area contributed by atoms with Crippen molar-refractivity contribution in [2.45, 2.75) is 20.0 Å².